The Kier molecular flexibility index (Phi) is 15.4. The minimum Gasteiger partial charge on any atom is -0.157 e. The van der Waals surface area contributed by atoms with Crippen LogP contribution >= 0.6 is 11.8 Å². The van der Waals surface area contributed by atoms with Crippen LogP contribution in [0.25, 0.3) is 0 Å². The van der Waals surface area contributed by atoms with Crippen molar-refractivity contribution in [3.63, 3.8) is 0 Å². The predicted octanol–water partition coefficient (Wildman–Crippen LogP) is 5.23. The maximum atomic E-state index is 3.81. The third-order valence-electron chi connectivity index (χ3n) is 1.80. The minimum absolute atomic E-state index is 1.14. The van der Waals surface area contributed by atoms with Gasteiger partial charge in [-0.3, -0.25) is 0 Å². The van der Waals surface area contributed by atoms with Crippen LogP contribution in [0.3, 0.4) is 0 Å². The van der Waals surface area contributed by atoms with E-state index in [2.05, 4.69) is 25.7 Å². The molecule has 0 N–H and O–H groups in total. The fourth-order valence-electron chi connectivity index (χ4n) is 1.20. The summed E-state index contributed by atoms with van der Waals surface area (Å²) in [5.41, 5.74) is 2.89. The van der Waals surface area contributed by atoms with E-state index in [1.165, 1.54) is 23.3 Å². The first kappa shape index (κ1) is 17.0. The molecule has 0 nitrogen and oxygen atoms in total. The Balaban J connectivity index is 0. The maximum Gasteiger partial charge on any atom is 0.0187 e. The molecule has 0 bridgehead atoms. The Bertz CT molecular complexity index is 199. The summed E-state index contributed by atoms with van der Waals surface area (Å²) in [6.07, 6.45) is 7.50. The van der Waals surface area contributed by atoms with Crippen molar-refractivity contribution in [2.45, 2.75) is 41.0 Å². The van der Waals surface area contributed by atoms with E-state index in [-0.39, 0.29) is 0 Å². The molecular weight excluding hydrogens is 200 g/mol. The Morgan fingerprint density at radius 1 is 1.13 bits per heavy atom. The predicted molar refractivity (Wildman–Crippen MR) is 76.7 cm³/mol. The molecule has 88 valence electrons. The van der Waals surface area contributed by atoms with Crippen LogP contribution in [-0.4, -0.2) is 11.5 Å². The largest absolute Gasteiger partial charge is 0.157 e. The summed E-state index contributed by atoms with van der Waals surface area (Å²) < 4.78 is 0. The fourth-order valence-corrected chi connectivity index (χ4v) is 2.23. The summed E-state index contributed by atoms with van der Waals surface area (Å²) in [5, 5.41) is 0. The van der Waals surface area contributed by atoms with Crippen LogP contribution in [0.15, 0.2) is 36.0 Å². The minimum atomic E-state index is 1.14. The van der Waals surface area contributed by atoms with Crippen molar-refractivity contribution in [1.82, 2.24) is 0 Å². The van der Waals surface area contributed by atoms with Crippen molar-refractivity contribution in [3.8, 4) is 0 Å². The van der Waals surface area contributed by atoms with E-state index in [1.54, 1.807) is 0 Å². The normalized spacial score (nSPS) is 15.0. The lowest BCUT2D eigenvalue weighted by Crippen LogP contribution is -1.99. The van der Waals surface area contributed by atoms with Gasteiger partial charge in [0.15, 0.2) is 0 Å². The van der Waals surface area contributed by atoms with Crippen LogP contribution in [0.2, 0.25) is 0 Å². The van der Waals surface area contributed by atoms with Gasteiger partial charge in [0, 0.05) is 5.75 Å². The molecule has 0 radical (unpaired) electrons. The van der Waals surface area contributed by atoms with Crippen LogP contribution in [0.5, 0.6) is 0 Å². The molecule has 0 fully saturated rings. The van der Waals surface area contributed by atoms with Crippen LogP contribution in [0.4, 0.5) is 0 Å². The van der Waals surface area contributed by atoms with Gasteiger partial charge in [-0.1, -0.05) is 52.5 Å². The van der Waals surface area contributed by atoms with E-state index in [9.17, 15) is 0 Å². The summed E-state index contributed by atoms with van der Waals surface area (Å²) in [7, 11) is 0. The molecule has 0 amide bonds. The lowest BCUT2D eigenvalue weighted by Gasteiger charge is -2.14. The summed E-state index contributed by atoms with van der Waals surface area (Å²) in [4.78, 5) is 0. The quantitative estimate of drug-likeness (QED) is 0.621. The Morgan fingerprint density at radius 2 is 1.73 bits per heavy atom. The highest BCUT2D eigenvalue weighted by Gasteiger charge is 2.06. The van der Waals surface area contributed by atoms with Gasteiger partial charge < -0.3 is 0 Å². The number of rotatable bonds is 2. The molecule has 0 spiro atoms. The van der Waals surface area contributed by atoms with Gasteiger partial charge >= 0.3 is 0 Å². The second kappa shape index (κ2) is 13.6. The van der Waals surface area contributed by atoms with E-state index in [1.807, 2.05) is 45.5 Å². The molecule has 0 saturated heterocycles. The average molecular weight is 226 g/mol. The monoisotopic (exact) mass is 226 g/mol. The highest BCUT2D eigenvalue weighted by Crippen LogP contribution is 2.24. The van der Waals surface area contributed by atoms with Crippen LogP contribution < -0.4 is 0 Å². The molecular formula is C14H26S. The van der Waals surface area contributed by atoms with Gasteiger partial charge in [0.25, 0.3) is 0 Å². The summed E-state index contributed by atoms with van der Waals surface area (Å²) in [5.74, 6) is 2.40. The molecule has 0 aromatic carbocycles. The molecule has 1 heterocycles. The third kappa shape index (κ3) is 7.49. The summed E-state index contributed by atoms with van der Waals surface area (Å²) >= 11 is 1.99. The van der Waals surface area contributed by atoms with Crippen molar-refractivity contribution in [3.05, 3.63) is 36.0 Å². The van der Waals surface area contributed by atoms with Crippen molar-refractivity contribution < 1.29 is 0 Å². The second-order valence-corrected chi connectivity index (χ2v) is 3.66. The number of allylic oxidation sites excluding steroid dienone is 4. The van der Waals surface area contributed by atoms with E-state index in [0.717, 1.165) is 5.75 Å². The highest BCUT2D eigenvalue weighted by molar-refractivity contribution is 7.99. The molecule has 0 aromatic heterocycles. The Morgan fingerprint density at radius 3 is 2.20 bits per heavy atom. The molecule has 1 aliphatic heterocycles. The summed E-state index contributed by atoms with van der Waals surface area (Å²) in [6.45, 7) is 13.9. The molecule has 1 rings (SSSR count). The zero-order valence-electron chi connectivity index (χ0n) is 11.0. The zero-order valence-corrected chi connectivity index (χ0v) is 11.8. The van der Waals surface area contributed by atoms with Crippen LogP contribution in [-0.2, 0) is 0 Å². The Hall–Kier alpha value is -0.430. The first-order chi connectivity index (χ1) is 7.38. The molecule has 0 aromatic rings. The number of hydrogen-bond acceptors (Lipinski definition) is 1. The lowest BCUT2D eigenvalue weighted by molar-refractivity contribution is 1.11. The summed E-state index contributed by atoms with van der Waals surface area (Å²) in [6, 6.07) is 0. The molecule has 1 heteroatoms. The van der Waals surface area contributed by atoms with Gasteiger partial charge in [-0.05, 0) is 30.2 Å². The van der Waals surface area contributed by atoms with E-state index < -0.39 is 0 Å². The topological polar surface area (TPSA) is 0 Å². The van der Waals surface area contributed by atoms with Gasteiger partial charge in [-0.25, -0.2) is 0 Å². The molecule has 1 aliphatic rings. The van der Waals surface area contributed by atoms with Crippen molar-refractivity contribution >= 4 is 11.8 Å². The van der Waals surface area contributed by atoms with Gasteiger partial charge in [-0.15, -0.1) is 0 Å². The number of thioether (sulfide) groups is 1. The number of hydrogen-bond donors (Lipinski definition) is 0. The first-order valence-electron chi connectivity index (χ1n) is 5.93. The van der Waals surface area contributed by atoms with Gasteiger partial charge in [0.2, 0.25) is 0 Å². The lowest BCUT2D eigenvalue weighted by atomic mass is 10.1. The second-order valence-electron chi connectivity index (χ2n) is 2.56. The average Bonchev–Trinajstić information content (AvgIpc) is 2.35. The van der Waals surface area contributed by atoms with Crippen molar-refractivity contribution in [2.75, 3.05) is 11.5 Å². The van der Waals surface area contributed by atoms with Crippen molar-refractivity contribution in [1.29, 1.82) is 0 Å². The maximum absolute atomic E-state index is 3.81. The molecule has 15 heavy (non-hydrogen) atoms. The smallest absolute Gasteiger partial charge is 0.0187 e. The van der Waals surface area contributed by atoms with E-state index >= 15 is 0 Å². The van der Waals surface area contributed by atoms with Crippen LogP contribution in [0, 0.1) is 0 Å². The Labute approximate surface area is 101 Å². The standard InChI is InChI=1S/C10H14S.2C2H6/c1-3-5-10-6-7-11-8-9(10)4-2;2*1-2/h3-5H,2,6-8H2,1H3;2*1-2H3/b5-3-;;. The van der Waals surface area contributed by atoms with E-state index in [4.69, 9.17) is 0 Å². The third-order valence-corrected chi connectivity index (χ3v) is 2.81. The zero-order chi connectivity index (χ0) is 12.1. The van der Waals surface area contributed by atoms with Gasteiger partial charge in [0.05, 0.1) is 0 Å². The highest BCUT2D eigenvalue weighted by atomic mass is 32.2. The van der Waals surface area contributed by atoms with Crippen molar-refractivity contribution in [2.24, 2.45) is 0 Å². The van der Waals surface area contributed by atoms with E-state index in [0.29, 0.717) is 0 Å². The fraction of sp³-hybridized carbons (Fsp3) is 0.571. The molecule has 0 saturated carbocycles. The molecule has 0 unspecified atom stereocenters. The molecule has 0 aliphatic carbocycles. The SMILES string of the molecule is C=CC1=C(/C=C\C)CCSC1.CC.CC. The first-order valence-corrected chi connectivity index (χ1v) is 7.09. The van der Waals surface area contributed by atoms with Crippen LogP contribution in [0.1, 0.15) is 41.0 Å². The van der Waals surface area contributed by atoms with Gasteiger partial charge in [-0.2, -0.15) is 11.8 Å². The van der Waals surface area contributed by atoms with Gasteiger partial charge in [0.1, 0.15) is 0 Å². The molecule has 0 atom stereocenters.